The quantitative estimate of drug-likeness (QED) is 0.594. The average Bonchev–Trinajstić information content (AvgIpc) is 3.05. The summed E-state index contributed by atoms with van der Waals surface area (Å²) in [5.41, 5.74) is 13.0. The molecule has 0 aliphatic carbocycles. The summed E-state index contributed by atoms with van der Waals surface area (Å²) in [5, 5.41) is 3.41. The van der Waals surface area contributed by atoms with Gasteiger partial charge in [0, 0.05) is 24.7 Å². The Morgan fingerprint density at radius 2 is 2.15 bits per heavy atom. The number of nitrogen functional groups attached to an aromatic ring is 1. The summed E-state index contributed by atoms with van der Waals surface area (Å²) in [6.45, 7) is 4.75. The highest BCUT2D eigenvalue weighted by atomic mass is 16.5. The van der Waals surface area contributed by atoms with Gasteiger partial charge in [-0.2, -0.15) is 9.97 Å². The molecule has 2 aromatic heterocycles. The molecule has 0 amide bonds. The van der Waals surface area contributed by atoms with E-state index in [9.17, 15) is 0 Å². The first-order chi connectivity index (χ1) is 12.7. The monoisotopic (exact) mass is 351 g/mol. The van der Waals surface area contributed by atoms with Crippen molar-refractivity contribution in [1.82, 2.24) is 20.3 Å². The first kappa shape index (κ1) is 16.8. The fourth-order valence-electron chi connectivity index (χ4n) is 3.43. The van der Waals surface area contributed by atoms with Crippen molar-refractivity contribution >= 4 is 16.9 Å². The van der Waals surface area contributed by atoms with E-state index in [1.807, 2.05) is 6.20 Å². The number of aromatic nitrogens is 3. The predicted octanol–water partition coefficient (Wildman–Crippen LogP) is 2.96. The minimum atomic E-state index is 0.362. The van der Waals surface area contributed by atoms with E-state index in [1.165, 1.54) is 16.7 Å². The Kier molecular flexibility index (Phi) is 4.75. The standard InChI is InChI=1S/C20H25N5O/c1-2-3-8-26-20-24-17-16(12-23-18(17)19(21)25-20)10-13-4-5-15-11-22-7-6-14(15)9-13/h4-5,9,12,22-23H,2-3,6-8,10-11H2,1H3,(H2,21,24,25). The molecule has 4 N–H and O–H groups in total. The highest BCUT2D eigenvalue weighted by Crippen LogP contribution is 2.26. The first-order valence-corrected chi connectivity index (χ1v) is 9.32. The van der Waals surface area contributed by atoms with E-state index in [4.69, 9.17) is 10.5 Å². The second-order valence-corrected chi connectivity index (χ2v) is 6.84. The maximum Gasteiger partial charge on any atom is 0.319 e. The van der Waals surface area contributed by atoms with Crippen LogP contribution in [0.15, 0.2) is 24.4 Å². The maximum atomic E-state index is 6.09. The number of nitrogens with zero attached hydrogens (tertiary/aromatic N) is 2. The van der Waals surface area contributed by atoms with Gasteiger partial charge in [-0.25, -0.2) is 0 Å². The van der Waals surface area contributed by atoms with Crippen LogP contribution in [-0.4, -0.2) is 28.1 Å². The van der Waals surface area contributed by atoms with Crippen molar-refractivity contribution in [2.45, 2.75) is 39.2 Å². The summed E-state index contributed by atoms with van der Waals surface area (Å²) in [4.78, 5) is 12.1. The molecule has 0 saturated heterocycles. The van der Waals surface area contributed by atoms with Gasteiger partial charge in [0.2, 0.25) is 0 Å². The smallest absolute Gasteiger partial charge is 0.319 e. The molecule has 0 unspecified atom stereocenters. The number of nitrogens with one attached hydrogen (secondary N) is 2. The van der Waals surface area contributed by atoms with E-state index < -0.39 is 0 Å². The number of aromatic amines is 1. The molecule has 0 spiro atoms. The molecule has 3 heterocycles. The largest absolute Gasteiger partial charge is 0.463 e. The Balaban J connectivity index is 1.61. The van der Waals surface area contributed by atoms with Crippen molar-refractivity contribution in [3.8, 4) is 6.01 Å². The molecule has 3 aromatic rings. The lowest BCUT2D eigenvalue weighted by atomic mass is 9.96. The molecule has 0 bridgehead atoms. The van der Waals surface area contributed by atoms with Crippen molar-refractivity contribution in [3.05, 3.63) is 46.6 Å². The molecule has 6 nitrogen and oxygen atoms in total. The number of hydrogen-bond acceptors (Lipinski definition) is 5. The van der Waals surface area contributed by atoms with Gasteiger partial charge in [-0.05, 0) is 36.1 Å². The number of anilines is 1. The average molecular weight is 351 g/mol. The van der Waals surface area contributed by atoms with Gasteiger partial charge in [0.15, 0.2) is 5.82 Å². The molecule has 1 aromatic carbocycles. The van der Waals surface area contributed by atoms with Crippen molar-refractivity contribution in [2.24, 2.45) is 0 Å². The van der Waals surface area contributed by atoms with Crippen LogP contribution < -0.4 is 15.8 Å². The zero-order valence-corrected chi connectivity index (χ0v) is 15.1. The van der Waals surface area contributed by atoms with E-state index >= 15 is 0 Å². The summed E-state index contributed by atoms with van der Waals surface area (Å²) >= 11 is 0. The summed E-state index contributed by atoms with van der Waals surface area (Å²) in [6, 6.07) is 7.11. The molecule has 6 heteroatoms. The van der Waals surface area contributed by atoms with E-state index in [1.54, 1.807) is 0 Å². The van der Waals surface area contributed by atoms with Crippen LogP contribution in [0.1, 0.15) is 42.0 Å². The Morgan fingerprint density at radius 3 is 3.04 bits per heavy atom. The summed E-state index contributed by atoms with van der Waals surface area (Å²) in [7, 11) is 0. The van der Waals surface area contributed by atoms with Gasteiger partial charge >= 0.3 is 6.01 Å². The van der Waals surface area contributed by atoms with Crippen LogP contribution in [0.25, 0.3) is 11.0 Å². The molecule has 26 heavy (non-hydrogen) atoms. The lowest BCUT2D eigenvalue weighted by Gasteiger charge is -2.17. The van der Waals surface area contributed by atoms with Crippen LogP contribution in [0, 0.1) is 0 Å². The van der Waals surface area contributed by atoms with Crippen LogP contribution >= 0.6 is 0 Å². The minimum Gasteiger partial charge on any atom is -0.463 e. The van der Waals surface area contributed by atoms with Gasteiger partial charge in [0.1, 0.15) is 11.0 Å². The second-order valence-electron chi connectivity index (χ2n) is 6.84. The van der Waals surface area contributed by atoms with Crippen LogP contribution in [0.4, 0.5) is 5.82 Å². The van der Waals surface area contributed by atoms with Crippen molar-refractivity contribution in [3.63, 3.8) is 0 Å². The zero-order chi connectivity index (χ0) is 17.9. The highest BCUT2D eigenvalue weighted by Gasteiger charge is 2.14. The van der Waals surface area contributed by atoms with Gasteiger partial charge in [0.05, 0.1) is 6.61 Å². The normalized spacial score (nSPS) is 13.7. The highest BCUT2D eigenvalue weighted by molar-refractivity contribution is 5.87. The Labute approximate surface area is 153 Å². The molecular weight excluding hydrogens is 326 g/mol. The number of hydrogen-bond donors (Lipinski definition) is 3. The van der Waals surface area contributed by atoms with Gasteiger partial charge in [-0.15, -0.1) is 0 Å². The lowest BCUT2D eigenvalue weighted by Crippen LogP contribution is -2.23. The van der Waals surface area contributed by atoms with E-state index in [0.717, 1.165) is 55.4 Å². The molecule has 0 fully saturated rings. The van der Waals surface area contributed by atoms with Crippen LogP contribution in [0.2, 0.25) is 0 Å². The molecule has 1 aliphatic rings. The van der Waals surface area contributed by atoms with E-state index in [-0.39, 0.29) is 0 Å². The zero-order valence-electron chi connectivity index (χ0n) is 15.1. The van der Waals surface area contributed by atoms with E-state index in [0.29, 0.717) is 18.4 Å². The third-order valence-corrected chi connectivity index (χ3v) is 4.89. The number of nitrogens with two attached hydrogens (primary N) is 1. The van der Waals surface area contributed by atoms with Crippen molar-refractivity contribution in [2.75, 3.05) is 18.9 Å². The maximum absolute atomic E-state index is 6.09. The number of unbranched alkanes of at least 4 members (excludes halogenated alkanes) is 1. The predicted molar refractivity (Wildman–Crippen MR) is 103 cm³/mol. The number of fused-ring (bicyclic) bond motifs is 2. The van der Waals surface area contributed by atoms with Gasteiger partial charge in [0.25, 0.3) is 0 Å². The molecule has 4 rings (SSSR count). The first-order valence-electron chi connectivity index (χ1n) is 9.32. The molecule has 136 valence electrons. The second kappa shape index (κ2) is 7.33. The van der Waals surface area contributed by atoms with Gasteiger partial charge < -0.3 is 20.8 Å². The summed E-state index contributed by atoms with van der Waals surface area (Å²) in [5.74, 6) is 0.435. The SMILES string of the molecule is CCCCOc1nc(N)c2[nH]cc(Cc3ccc4c(c3)CCNC4)c2n1. The van der Waals surface area contributed by atoms with Crippen LogP contribution in [0.5, 0.6) is 6.01 Å². The van der Waals surface area contributed by atoms with Crippen molar-refractivity contribution < 1.29 is 4.74 Å². The number of benzene rings is 1. The Morgan fingerprint density at radius 1 is 1.23 bits per heavy atom. The van der Waals surface area contributed by atoms with E-state index in [2.05, 4.69) is 45.4 Å². The van der Waals surface area contributed by atoms with Crippen molar-refractivity contribution in [1.29, 1.82) is 0 Å². The fourth-order valence-corrected chi connectivity index (χ4v) is 3.43. The third kappa shape index (κ3) is 3.37. The fraction of sp³-hybridized carbons (Fsp3) is 0.400. The van der Waals surface area contributed by atoms with Gasteiger partial charge in [-0.3, -0.25) is 0 Å². The molecule has 0 saturated carbocycles. The van der Waals surface area contributed by atoms with Crippen LogP contribution in [0.3, 0.4) is 0 Å². The summed E-state index contributed by atoms with van der Waals surface area (Å²) in [6.07, 6.45) is 5.92. The Hall–Kier alpha value is -2.60. The minimum absolute atomic E-state index is 0.362. The number of ether oxygens (including phenoxy) is 1. The molecule has 0 atom stereocenters. The summed E-state index contributed by atoms with van der Waals surface area (Å²) < 4.78 is 5.66. The number of rotatable bonds is 6. The third-order valence-electron chi connectivity index (χ3n) is 4.89. The molecule has 0 radical (unpaired) electrons. The topological polar surface area (TPSA) is 88.8 Å². The Bertz CT molecular complexity index is 918. The number of H-pyrrole nitrogens is 1. The molecular formula is C20H25N5O. The van der Waals surface area contributed by atoms with Crippen LogP contribution in [-0.2, 0) is 19.4 Å². The molecule has 1 aliphatic heterocycles. The lowest BCUT2D eigenvalue weighted by molar-refractivity contribution is 0.287. The van der Waals surface area contributed by atoms with Gasteiger partial charge in [-0.1, -0.05) is 31.5 Å².